The molecule has 12 heteroatoms. The summed E-state index contributed by atoms with van der Waals surface area (Å²) < 4.78 is 103. The molecule has 3 rings (SSSR count). The third-order valence-electron chi connectivity index (χ3n) is 4.78. The van der Waals surface area contributed by atoms with Gasteiger partial charge in [-0.1, -0.05) is 6.07 Å². The Bertz CT molecular complexity index is 1060. The molecule has 1 fully saturated rings. The van der Waals surface area contributed by atoms with E-state index in [1.54, 1.807) is 0 Å². The third-order valence-corrected chi connectivity index (χ3v) is 6.69. The van der Waals surface area contributed by atoms with Crippen LogP contribution in [0.3, 0.4) is 0 Å². The number of carbonyl (C=O) groups excluding carboxylic acids is 1. The van der Waals surface area contributed by atoms with Crippen LogP contribution in [0.2, 0.25) is 0 Å². The van der Waals surface area contributed by atoms with Crippen LogP contribution in [0.15, 0.2) is 53.4 Å². The van der Waals surface area contributed by atoms with E-state index >= 15 is 0 Å². The maximum Gasteiger partial charge on any atom is 0.416 e. The summed E-state index contributed by atoms with van der Waals surface area (Å²) in [4.78, 5) is 13.4. The Morgan fingerprint density at radius 1 is 0.774 bits per heavy atom. The van der Waals surface area contributed by atoms with Crippen LogP contribution in [0, 0.1) is 0 Å². The van der Waals surface area contributed by atoms with Crippen LogP contribution in [0.4, 0.5) is 26.3 Å². The molecule has 0 bridgehead atoms. The molecule has 0 N–H and O–H groups in total. The Morgan fingerprint density at radius 2 is 1.32 bits per heavy atom. The lowest BCUT2D eigenvalue weighted by Crippen LogP contribution is -2.50. The molecule has 2 aromatic rings. The van der Waals surface area contributed by atoms with Crippen molar-refractivity contribution in [1.29, 1.82) is 0 Å². The molecule has 1 amide bonds. The number of carbonyl (C=O) groups is 1. The molecule has 0 atom stereocenters. The van der Waals surface area contributed by atoms with E-state index < -0.39 is 39.4 Å². The van der Waals surface area contributed by atoms with Crippen LogP contribution < -0.4 is 0 Å². The summed E-state index contributed by atoms with van der Waals surface area (Å²) >= 11 is 0. The van der Waals surface area contributed by atoms with Gasteiger partial charge in [0.05, 0.1) is 16.0 Å². The van der Waals surface area contributed by atoms with Crippen molar-refractivity contribution in [2.45, 2.75) is 17.2 Å². The highest BCUT2D eigenvalue weighted by atomic mass is 32.2. The van der Waals surface area contributed by atoms with Crippen LogP contribution in [0.25, 0.3) is 0 Å². The molecule has 1 aliphatic rings. The molecule has 1 heterocycles. The Balaban J connectivity index is 1.69. The van der Waals surface area contributed by atoms with E-state index in [1.165, 1.54) is 11.0 Å². The van der Waals surface area contributed by atoms with E-state index in [0.29, 0.717) is 12.1 Å². The number of nitrogens with zero attached hydrogens (tertiary/aromatic N) is 2. The average Bonchev–Trinajstić information content (AvgIpc) is 2.72. The lowest BCUT2D eigenvalue weighted by molar-refractivity contribution is -0.138. The molecule has 2 aromatic carbocycles. The SMILES string of the molecule is O=C(c1cccc(C(F)(F)F)c1)N1CCN(S(=O)(=O)c2ccc(C(F)(F)F)cc2)CC1. The van der Waals surface area contributed by atoms with Crippen molar-refractivity contribution in [1.82, 2.24) is 9.21 Å². The van der Waals surface area contributed by atoms with Crippen LogP contribution in [-0.2, 0) is 22.4 Å². The van der Waals surface area contributed by atoms with Crippen LogP contribution in [-0.4, -0.2) is 49.7 Å². The highest BCUT2D eigenvalue weighted by molar-refractivity contribution is 7.89. The highest BCUT2D eigenvalue weighted by Gasteiger charge is 2.34. The minimum atomic E-state index is -4.61. The molecule has 31 heavy (non-hydrogen) atoms. The molecule has 0 aromatic heterocycles. The fourth-order valence-corrected chi connectivity index (χ4v) is 4.53. The van der Waals surface area contributed by atoms with Gasteiger partial charge in [0.2, 0.25) is 10.0 Å². The largest absolute Gasteiger partial charge is 0.416 e. The summed E-state index contributed by atoms with van der Waals surface area (Å²) in [7, 11) is -4.08. The van der Waals surface area contributed by atoms with Crippen molar-refractivity contribution in [3.8, 4) is 0 Å². The molecule has 0 radical (unpaired) electrons. The van der Waals surface area contributed by atoms with Gasteiger partial charge >= 0.3 is 12.4 Å². The molecular weight excluding hydrogens is 450 g/mol. The summed E-state index contributed by atoms with van der Waals surface area (Å²) in [6, 6.07) is 6.97. The Morgan fingerprint density at radius 3 is 1.84 bits per heavy atom. The van der Waals surface area contributed by atoms with Crippen LogP contribution in [0.5, 0.6) is 0 Å². The van der Waals surface area contributed by atoms with E-state index in [0.717, 1.165) is 34.6 Å². The first-order chi connectivity index (χ1) is 14.3. The van der Waals surface area contributed by atoms with Gasteiger partial charge in [0.15, 0.2) is 0 Å². The summed E-state index contributed by atoms with van der Waals surface area (Å²) in [5.41, 5.74) is -2.13. The van der Waals surface area contributed by atoms with Gasteiger partial charge < -0.3 is 4.90 Å². The standard InChI is InChI=1S/C19H16F6N2O3S/c20-18(21,22)14-4-6-16(7-5-14)31(29,30)27-10-8-26(9-11-27)17(28)13-2-1-3-15(12-13)19(23,24)25/h1-7,12H,8-11H2. The van der Waals surface area contributed by atoms with Gasteiger partial charge in [-0.15, -0.1) is 0 Å². The number of amides is 1. The second kappa shape index (κ2) is 8.15. The van der Waals surface area contributed by atoms with Crippen molar-refractivity contribution in [3.05, 3.63) is 65.2 Å². The number of sulfonamides is 1. The van der Waals surface area contributed by atoms with Gasteiger partial charge in [-0.2, -0.15) is 30.6 Å². The molecule has 168 valence electrons. The number of hydrogen-bond acceptors (Lipinski definition) is 3. The van der Waals surface area contributed by atoms with Crippen molar-refractivity contribution in [3.63, 3.8) is 0 Å². The van der Waals surface area contributed by atoms with E-state index in [9.17, 15) is 39.6 Å². The maximum atomic E-state index is 12.8. The van der Waals surface area contributed by atoms with E-state index in [-0.39, 0.29) is 36.6 Å². The van der Waals surface area contributed by atoms with Gasteiger partial charge in [0.25, 0.3) is 5.91 Å². The minimum Gasteiger partial charge on any atom is -0.336 e. The van der Waals surface area contributed by atoms with Gasteiger partial charge in [0, 0.05) is 31.7 Å². The van der Waals surface area contributed by atoms with Crippen molar-refractivity contribution < 1.29 is 39.6 Å². The van der Waals surface area contributed by atoms with Gasteiger partial charge in [-0.25, -0.2) is 8.42 Å². The van der Waals surface area contributed by atoms with Crippen LogP contribution in [0.1, 0.15) is 21.5 Å². The van der Waals surface area contributed by atoms with E-state index in [2.05, 4.69) is 0 Å². The zero-order chi connectivity index (χ0) is 23.0. The first kappa shape index (κ1) is 23.1. The molecule has 0 unspecified atom stereocenters. The zero-order valence-corrected chi connectivity index (χ0v) is 16.6. The maximum absolute atomic E-state index is 12.8. The fraction of sp³-hybridized carbons (Fsp3) is 0.316. The Labute approximate surface area is 173 Å². The van der Waals surface area contributed by atoms with Gasteiger partial charge in [-0.3, -0.25) is 4.79 Å². The summed E-state index contributed by atoms with van der Waals surface area (Å²) in [5.74, 6) is -0.669. The number of piperazine rings is 1. The van der Waals surface area contributed by atoms with E-state index in [4.69, 9.17) is 0 Å². The molecule has 0 saturated carbocycles. The summed E-state index contributed by atoms with van der Waals surface area (Å²) in [6.07, 6.45) is -9.21. The zero-order valence-electron chi connectivity index (χ0n) is 15.7. The second-order valence-electron chi connectivity index (χ2n) is 6.80. The lowest BCUT2D eigenvalue weighted by Gasteiger charge is -2.34. The van der Waals surface area contributed by atoms with Crippen molar-refractivity contribution >= 4 is 15.9 Å². The predicted octanol–water partition coefficient (Wildman–Crippen LogP) is 3.87. The Hall–Kier alpha value is -2.60. The number of benzene rings is 2. The van der Waals surface area contributed by atoms with Gasteiger partial charge in [0.1, 0.15) is 0 Å². The molecule has 5 nitrogen and oxygen atoms in total. The molecule has 1 aliphatic heterocycles. The fourth-order valence-electron chi connectivity index (χ4n) is 3.11. The number of alkyl halides is 6. The Kier molecular flexibility index (Phi) is 6.07. The van der Waals surface area contributed by atoms with E-state index in [1.807, 2.05) is 0 Å². The monoisotopic (exact) mass is 466 g/mol. The summed E-state index contributed by atoms with van der Waals surface area (Å²) in [5, 5.41) is 0. The average molecular weight is 466 g/mol. The minimum absolute atomic E-state index is 0.0745. The smallest absolute Gasteiger partial charge is 0.336 e. The van der Waals surface area contributed by atoms with Crippen molar-refractivity contribution in [2.75, 3.05) is 26.2 Å². The van der Waals surface area contributed by atoms with Crippen molar-refractivity contribution in [2.24, 2.45) is 0 Å². The number of hydrogen-bond donors (Lipinski definition) is 0. The summed E-state index contributed by atoms with van der Waals surface area (Å²) in [6.45, 7) is -0.438. The normalized spacial score (nSPS) is 16.4. The molecule has 0 spiro atoms. The predicted molar refractivity (Wildman–Crippen MR) is 97.6 cm³/mol. The lowest BCUT2D eigenvalue weighted by atomic mass is 10.1. The third kappa shape index (κ3) is 5.01. The number of rotatable bonds is 3. The van der Waals surface area contributed by atoms with Gasteiger partial charge in [-0.05, 0) is 42.5 Å². The first-order valence-electron chi connectivity index (χ1n) is 8.94. The second-order valence-corrected chi connectivity index (χ2v) is 8.73. The molecule has 0 aliphatic carbocycles. The quantitative estimate of drug-likeness (QED) is 0.646. The molecular formula is C19H16F6N2O3S. The first-order valence-corrected chi connectivity index (χ1v) is 10.4. The topological polar surface area (TPSA) is 57.7 Å². The number of halogens is 6. The van der Waals surface area contributed by atoms with Crippen LogP contribution >= 0.6 is 0 Å². The molecule has 1 saturated heterocycles. The highest BCUT2D eigenvalue weighted by Crippen LogP contribution is 2.31.